The second kappa shape index (κ2) is 6.29. The molecule has 2 rings (SSSR count). The summed E-state index contributed by atoms with van der Waals surface area (Å²) < 4.78 is 26.2. The monoisotopic (exact) mass is 313 g/mol. The summed E-state index contributed by atoms with van der Waals surface area (Å²) in [6.07, 6.45) is 4.56. The molecular weight excluding hydrogens is 290 g/mol. The molecule has 0 atom stereocenters. The van der Waals surface area contributed by atoms with Gasteiger partial charge in [0, 0.05) is 26.3 Å². The van der Waals surface area contributed by atoms with Crippen LogP contribution in [0.3, 0.4) is 0 Å². The highest BCUT2D eigenvalue weighted by molar-refractivity contribution is 7.89. The van der Waals surface area contributed by atoms with Gasteiger partial charge in [0.05, 0.1) is 5.60 Å². The van der Waals surface area contributed by atoms with Crippen LogP contribution in [0.4, 0.5) is 5.82 Å². The fourth-order valence-corrected chi connectivity index (χ4v) is 3.89. The van der Waals surface area contributed by atoms with Gasteiger partial charge in [0.1, 0.15) is 10.7 Å². The van der Waals surface area contributed by atoms with Crippen LogP contribution in [0.25, 0.3) is 0 Å². The molecule has 118 valence electrons. The Bertz CT molecular complexity index is 566. The quantitative estimate of drug-likeness (QED) is 0.830. The summed E-state index contributed by atoms with van der Waals surface area (Å²) in [5, 5.41) is 13.4. The smallest absolute Gasteiger partial charge is 0.244 e. The standard InChI is InChI=1S/C14H23N3O3S/c1-3-15-13-7-6-12(10-16-13)21(19,20)17(2)11-14(18)8-4-5-9-14/h6-7,10,18H,3-5,8-9,11H2,1-2H3,(H,15,16). The minimum atomic E-state index is -3.61. The Kier molecular flexibility index (Phi) is 4.85. The second-order valence-corrected chi connectivity index (χ2v) is 7.65. The molecule has 7 heteroatoms. The maximum Gasteiger partial charge on any atom is 0.244 e. The number of pyridine rings is 1. The molecule has 0 spiro atoms. The number of nitrogens with one attached hydrogen (secondary N) is 1. The molecule has 0 aliphatic heterocycles. The Morgan fingerprint density at radius 1 is 1.38 bits per heavy atom. The van der Waals surface area contributed by atoms with E-state index in [9.17, 15) is 13.5 Å². The molecule has 0 amide bonds. The summed E-state index contributed by atoms with van der Waals surface area (Å²) in [5.74, 6) is 0.647. The molecule has 1 saturated carbocycles. The Labute approximate surface area is 126 Å². The van der Waals surface area contributed by atoms with E-state index in [2.05, 4.69) is 10.3 Å². The number of sulfonamides is 1. The number of anilines is 1. The van der Waals surface area contributed by atoms with Crippen LogP contribution in [0, 0.1) is 0 Å². The minimum absolute atomic E-state index is 0.129. The van der Waals surface area contributed by atoms with E-state index in [1.165, 1.54) is 23.6 Å². The summed E-state index contributed by atoms with van der Waals surface area (Å²) >= 11 is 0. The summed E-state index contributed by atoms with van der Waals surface area (Å²) in [4.78, 5) is 4.23. The molecule has 1 fully saturated rings. The van der Waals surface area contributed by atoms with Crippen LogP contribution in [0.1, 0.15) is 32.6 Å². The third-order valence-corrected chi connectivity index (χ3v) is 5.64. The van der Waals surface area contributed by atoms with Gasteiger partial charge in [0.15, 0.2) is 0 Å². The normalized spacial score (nSPS) is 18.1. The first-order valence-electron chi connectivity index (χ1n) is 7.26. The number of likely N-dealkylation sites (N-methyl/N-ethyl adjacent to an activating group) is 1. The van der Waals surface area contributed by atoms with E-state index in [1.54, 1.807) is 6.07 Å². The molecule has 6 nitrogen and oxygen atoms in total. The molecule has 21 heavy (non-hydrogen) atoms. The molecule has 0 unspecified atom stereocenters. The van der Waals surface area contributed by atoms with Crippen LogP contribution in [0.5, 0.6) is 0 Å². The van der Waals surface area contributed by atoms with Crippen molar-refractivity contribution in [1.29, 1.82) is 0 Å². The average Bonchev–Trinajstić information content (AvgIpc) is 2.86. The van der Waals surface area contributed by atoms with Crippen LogP contribution >= 0.6 is 0 Å². The Morgan fingerprint density at radius 2 is 2.05 bits per heavy atom. The Hall–Kier alpha value is -1.18. The van der Waals surface area contributed by atoms with Crippen LogP contribution in [-0.4, -0.2) is 48.6 Å². The zero-order valence-corrected chi connectivity index (χ0v) is 13.4. The van der Waals surface area contributed by atoms with Crippen molar-refractivity contribution >= 4 is 15.8 Å². The molecule has 1 aromatic heterocycles. The van der Waals surface area contributed by atoms with Crippen LogP contribution in [0.2, 0.25) is 0 Å². The topological polar surface area (TPSA) is 82.5 Å². The van der Waals surface area contributed by atoms with Crippen molar-refractivity contribution in [2.75, 3.05) is 25.5 Å². The molecule has 2 N–H and O–H groups in total. The number of hydrogen-bond acceptors (Lipinski definition) is 5. The highest BCUT2D eigenvalue weighted by Crippen LogP contribution is 2.31. The first-order chi connectivity index (χ1) is 9.87. The van der Waals surface area contributed by atoms with Gasteiger partial charge in [0.25, 0.3) is 0 Å². The van der Waals surface area contributed by atoms with E-state index >= 15 is 0 Å². The molecule has 0 radical (unpaired) electrons. The fraction of sp³-hybridized carbons (Fsp3) is 0.643. The number of rotatable bonds is 6. The van der Waals surface area contributed by atoms with E-state index in [0.29, 0.717) is 18.7 Å². The fourth-order valence-electron chi connectivity index (χ4n) is 2.69. The third-order valence-electron chi connectivity index (χ3n) is 3.85. The number of aliphatic hydroxyl groups is 1. The first-order valence-corrected chi connectivity index (χ1v) is 8.70. The lowest BCUT2D eigenvalue weighted by atomic mass is 10.0. The van der Waals surface area contributed by atoms with E-state index in [-0.39, 0.29) is 11.4 Å². The van der Waals surface area contributed by atoms with Crippen molar-refractivity contribution in [3.8, 4) is 0 Å². The minimum Gasteiger partial charge on any atom is -0.389 e. The van der Waals surface area contributed by atoms with Gasteiger partial charge >= 0.3 is 0 Å². The predicted molar refractivity (Wildman–Crippen MR) is 81.6 cm³/mol. The Balaban J connectivity index is 2.12. The van der Waals surface area contributed by atoms with Crippen molar-refractivity contribution in [3.63, 3.8) is 0 Å². The summed E-state index contributed by atoms with van der Waals surface area (Å²) in [7, 11) is -2.11. The van der Waals surface area contributed by atoms with Crippen molar-refractivity contribution in [1.82, 2.24) is 9.29 Å². The molecule has 0 bridgehead atoms. The molecule has 1 aliphatic carbocycles. The average molecular weight is 313 g/mol. The molecular formula is C14H23N3O3S. The van der Waals surface area contributed by atoms with Gasteiger partial charge in [-0.1, -0.05) is 12.8 Å². The van der Waals surface area contributed by atoms with Gasteiger partial charge in [-0.05, 0) is 31.9 Å². The maximum atomic E-state index is 12.5. The summed E-state index contributed by atoms with van der Waals surface area (Å²) in [5.41, 5.74) is -0.890. The van der Waals surface area contributed by atoms with E-state index < -0.39 is 15.6 Å². The van der Waals surface area contributed by atoms with Crippen LogP contribution < -0.4 is 5.32 Å². The zero-order valence-electron chi connectivity index (χ0n) is 12.5. The van der Waals surface area contributed by atoms with Gasteiger partial charge in [-0.15, -0.1) is 0 Å². The SMILES string of the molecule is CCNc1ccc(S(=O)(=O)N(C)CC2(O)CCCC2)cn1. The largest absolute Gasteiger partial charge is 0.389 e. The lowest BCUT2D eigenvalue weighted by Gasteiger charge is -2.28. The van der Waals surface area contributed by atoms with E-state index in [4.69, 9.17) is 0 Å². The van der Waals surface area contributed by atoms with E-state index in [1.807, 2.05) is 6.92 Å². The molecule has 1 aromatic rings. The van der Waals surface area contributed by atoms with Crippen LogP contribution in [0.15, 0.2) is 23.2 Å². The predicted octanol–water partition coefficient (Wildman–Crippen LogP) is 1.44. The number of aromatic nitrogens is 1. The summed E-state index contributed by atoms with van der Waals surface area (Å²) in [6, 6.07) is 3.18. The van der Waals surface area contributed by atoms with Crippen LogP contribution in [-0.2, 0) is 10.0 Å². The van der Waals surface area contributed by atoms with Crippen molar-refractivity contribution in [3.05, 3.63) is 18.3 Å². The van der Waals surface area contributed by atoms with Gasteiger partial charge in [-0.3, -0.25) is 0 Å². The van der Waals surface area contributed by atoms with Gasteiger partial charge in [-0.2, -0.15) is 4.31 Å². The lowest BCUT2D eigenvalue weighted by molar-refractivity contribution is 0.0333. The Morgan fingerprint density at radius 3 is 2.57 bits per heavy atom. The molecule has 1 heterocycles. The highest BCUT2D eigenvalue weighted by Gasteiger charge is 2.35. The lowest BCUT2D eigenvalue weighted by Crippen LogP contribution is -2.42. The van der Waals surface area contributed by atoms with Gasteiger partial charge < -0.3 is 10.4 Å². The third kappa shape index (κ3) is 3.72. The van der Waals surface area contributed by atoms with Crippen molar-refractivity contribution in [2.24, 2.45) is 0 Å². The molecule has 0 saturated heterocycles. The zero-order chi connectivity index (χ0) is 15.5. The second-order valence-electron chi connectivity index (χ2n) is 5.60. The first kappa shape index (κ1) is 16.2. The summed E-state index contributed by atoms with van der Waals surface area (Å²) in [6.45, 7) is 2.80. The van der Waals surface area contributed by atoms with Gasteiger partial charge in [0.2, 0.25) is 10.0 Å². The maximum absolute atomic E-state index is 12.5. The van der Waals surface area contributed by atoms with Gasteiger partial charge in [-0.25, -0.2) is 13.4 Å². The molecule has 0 aromatic carbocycles. The number of hydrogen-bond donors (Lipinski definition) is 2. The van der Waals surface area contributed by atoms with Crippen molar-refractivity contribution in [2.45, 2.75) is 43.1 Å². The number of nitrogens with zero attached hydrogens (tertiary/aromatic N) is 2. The van der Waals surface area contributed by atoms with Crippen molar-refractivity contribution < 1.29 is 13.5 Å². The van der Waals surface area contributed by atoms with E-state index in [0.717, 1.165) is 19.4 Å². The highest BCUT2D eigenvalue weighted by atomic mass is 32.2. The molecule has 1 aliphatic rings.